The molecule has 2 fully saturated rings. The molecule has 0 amide bonds. The minimum absolute atomic E-state index is 0.238. The van der Waals surface area contributed by atoms with Crippen molar-refractivity contribution in [1.82, 2.24) is 4.90 Å². The second kappa shape index (κ2) is 2.17. The Kier molecular flexibility index (Phi) is 1.38. The predicted octanol–water partition coefficient (Wildman–Crippen LogP) is -0.913. The average Bonchev–Trinajstić information content (AvgIpc) is 2.40. The Morgan fingerprint density at radius 2 is 1.91 bits per heavy atom. The fourth-order valence-corrected chi connectivity index (χ4v) is 1.42. The average molecular weight is 159 g/mol. The van der Waals surface area contributed by atoms with E-state index in [4.69, 9.17) is 14.6 Å². The third-order valence-electron chi connectivity index (χ3n) is 2.18. The third kappa shape index (κ3) is 0.786. The van der Waals surface area contributed by atoms with Gasteiger partial charge in [-0.2, -0.15) is 0 Å². The maximum atomic E-state index is 10.8. The summed E-state index contributed by atoms with van der Waals surface area (Å²) >= 11 is 0. The molecular formula is C6H9NO4. The van der Waals surface area contributed by atoms with Crippen LogP contribution in [0.25, 0.3) is 0 Å². The van der Waals surface area contributed by atoms with Crippen molar-refractivity contribution in [2.45, 2.75) is 5.54 Å². The fourth-order valence-electron chi connectivity index (χ4n) is 1.42. The first kappa shape index (κ1) is 7.02. The Hall–Kier alpha value is -0.650. The molecule has 11 heavy (non-hydrogen) atoms. The molecular weight excluding hydrogens is 150 g/mol. The van der Waals surface area contributed by atoms with E-state index in [1.54, 1.807) is 4.90 Å². The number of fused-ring (bicyclic) bond motifs is 1. The first-order valence-electron chi connectivity index (χ1n) is 3.40. The summed E-state index contributed by atoms with van der Waals surface area (Å²) in [6, 6.07) is 0. The summed E-state index contributed by atoms with van der Waals surface area (Å²) in [5.74, 6) is -0.854. The van der Waals surface area contributed by atoms with Gasteiger partial charge < -0.3 is 14.6 Å². The van der Waals surface area contributed by atoms with Gasteiger partial charge in [0.2, 0.25) is 0 Å². The van der Waals surface area contributed by atoms with Crippen molar-refractivity contribution in [1.29, 1.82) is 0 Å². The van der Waals surface area contributed by atoms with Crippen molar-refractivity contribution < 1.29 is 19.4 Å². The van der Waals surface area contributed by atoms with Crippen LogP contribution < -0.4 is 0 Å². The molecule has 5 heteroatoms. The highest BCUT2D eigenvalue weighted by atomic mass is 16.6. The van der Waals surface area contributed by atoms with Crippen LogP contribution >= 0.6 is 0 Å². The SMILES string of the molecule is O=C(O)C12COCN1COC2. The molecule has 2 heterocycles. The zero-order valence-electron chi connectivity index (χ0n) is 5.95. The van der Waals surface area contributed by atoms with Crippen LogP contribution in [0.3, 0.4) is 0 Å². The van der Waals surface area contributed by atoms with Crippen molar-refractivity contribution in [2.24, 2.45) is 0 Å². The molecule has 0 unspecified atom stereocenters. The van der Waals surface area contributed by atoms with Gasteiger partial charge in [0.1, 0.15) is 13.5 Å². The Bertz CT molecular complexity index is 183. The van der Waals surface area contributed by atoms with Gasteiger partial charge in [0.25, 0.3) is 0 Å². The molecule has 0 aromatic carbocycles. The van der Waals surface area contributed by atoms with Crippen molar-refractivity contribution in [3.8, 4) is 0 Å². The molecule has 0 aromatic heterocycles. The minimum Gasteiger partial charge on any atom is -0.480 e. The lowest BCUT2D eigenvalue weighted by atomic mass is 10.0. The molecule has 62 valence electrons. The highest BCUT2D eigenvalue weighted by Gasteiger charge is 2.52. The van der Waals surface area contributed by atoms with E-state index in [1.165, 1.54) is 0 Å². The fraction of sp³-hybridized carbons (Fsp3) is 0.833. The molecule has 5 nitrogen and oxygen atoms in total. The number of aliphatic carboxylic acids is 1. The largest absolute Gasteiger partial charge is 0.480 e. The van der Waals surface area contributed by atoms with Gasteiger partial charge in [-0.1, -0.05) is 0 Å². The van der Waals surface area contributed by atoms with E-state index < -0.39 is 11.5 Å². The quantitative estimate of drug-likeness (QED) is 0.536. The molecule has 2 aliphatic rings. The molecule has 0 radical (unpaired) electrons. The lowest BCUT2D eigenvalue weighted by molar-refractivity contribution is -0.147. The second-order valence-corrected chi connectivity index (χ2v) is 2.83. The van der Waals surface area contributed by atoms with Gasteiger partial charge in [-0.15, -0.1) is 0 Å². The van der Waals surface area contributed by atoms with Gasteiger partial charge in [0.05, 0.1) is 13.2 Å². The number of carbonyl (C=O) groups is 1. The van der Waals surface area contributed by atoms with Gasteiger partial charge in [0.15, 0.2) is 5.54 Å². The van der Waals surface area contributed by atoms with Gasteiger partial charge in [-0.3, -0.25) is 4.79 Å². The Morgan fingerprint density at radius 3 is 2.27 bits per heavy atom. The number of hydrogen-bond acceptors (Lipinski definition) is 4. The summed E-state index contributed by atoms with van der Waals surface area (Å²) in [5.41, 5.74) is -0.889. The van der Waals surface area contributed by atoms with Crippen LogP contribution in [0.2, 0.25) is 0 Å². The van der Waals surface area contributed by atoms with Crippen LogP contribution in [0, 0.1) is 0 Å². The topological polar surface area (TPSA) is 59.0 Å². The highest BCUT2D eigenvalue weighted by Crippen LogP contribution is 2.28. The summed E-state index contributed by atoms with van der Waals surface area (Å²) < 4.78 is 10.1. The van der Waals surface area contributed by atoms with Gasteiger partial charge in [0, 0.05) is 0 Å². The van der Waals surface area contributed by atoms with Gasteiger partial charge in [-0.25, -0.2) is 4.90 Å². The number of ether oxygens (including phenoxy) is 2. The van der Waals surface area contributed by atoms with E-state index in [0.717, 1.165) is 0 Å². The summed E-state index contributed by atoms with van der Waals surface area (Å²) in [6.45, 7) is 1.21. The molecule has 0 atom stereocenters. The number of carboxylic acids is 1. The van der Waals surface area contributed by atoms with Crippen LogP contribution in [0.1, 0.15) is 0 Å². The molecule has 2 saturated heterocycles. The minimum atomic E-state index is -0.889. The summed E-state index contributed by atoms with van der Waals surface area (Å²) in [5, 5.41) is 8.87. The first-order valence-corrected chi connectivity index (χ1v) is 3.40. The second-order valence-electron chi connectivity index (χ2n) is 2.83. The van der Waals surface area contributed by atoms with E-state index in [1.807, 2.05) is 0 Å². The van der Waals surface area contributed by atoms with Crippen LogP contribution in [-0.2, 0) is 14.3 Å². The molecule has 2 rings (SSSR count). The molecule has 1 N–H and O–H groups in total. The van der Waals surface area contributed by atoms with Crippen LogP contribution in [0.15, 0.2) is 0 Å². The van der Waals surface area contributed by atoms with E-state index in [2.05, 4.69) is 0 Å². The Morgan fingerprint density at radius 1 is 1.36 bits per heavy atom. The maximum Gasteiger partial charge on any atom is 0.329 e. The van der Waals surface area contributed by atoms with Gasteiger partial charge >= 0.3 is 5.97 Å². The van der Waals surface area contributed by atoms with E-state index in [-0.39, 0.29) is 13.2 Å². The number of hydrogen-bond donors (Lipinski definition) is 1. The van der Waals surface area contributed by atoms with Crippen molar-refractivity contribution >= 4 is 5.97 Å². The molecule has 0 spiro atoms. The molecule has 0 saturated carbocycles. The number of nitrogens with zero attached hydrogens (tertiary/aromatic N) is 1. The zero-order valence-corrected chi connectivity index (χ0v) is 5.95. The predicted molar refractivity (Wildman–Crippen MR) is 33.8 cm³/mol. The maximum absolute atomic E-state index is 10.8. The summed E-state index contributed by atoms with van der Waals surface area (Å²) in [6.07, 6.45) is 0. The van der Waals surface area contributed by atoms with Crippen molar-refractivity contribution in [2.75, 3.05) is 26.7 Å². The zero-order chi connectivity index (χ0) is 7.90. The molecule has 2 aliphatic heterocycles. The van der Waals surface area contributed by atoms with Crippen molar-refractivity contribution in [3.05, 3.63) is 0 Å². The molecule has 0 bridgehead atoms. The van der Waals surface area contributed by atoms with Crippen molar-refractivity contribution in [3.63, 3.8) is 0 Å². The number of carboxylic acid groups (broad SMARTS) is 1. The van der Waals surface area contributed by atoms with Crippen LogP contribution in [0.4, 0.5) is 0 Å². The Balaban J connectivity index is 2.26. The summed E-state index contributed by atoms with van der Waals surface area (Å²) in [4.78, 5) is 12.5. The Labute approximate surface area is 63.5 Å². The van der Waals surface area contributed by atoms with Gasteiger partial charge in [-0.05, 0) is 0 Å². The van der Waals surface area contributed by atoms with E-state index >= 15 is 0 Å². The van der Waals surface area contributed by atoms with E-state index in [0.29, 0.717) is 13.5 Å². The van der Waals surface area contributed by atoms with Crippen LogP contribution in [0.5, 0.6) is 0 Å². The lowest BCUT2D eigenvalue weighted by Gasteiger charge is -2.21. The number of rotatable bonds is 1. The molecule has 0 aromatic rings. The smallest absolute Gasteiger partial charge is 0.329 e. The monoisotopic (exact) mass is 159 g/mol. The van der Waals surface area contributed by atoms with Crippen LogP contribution in [-0.4, -0.2) is 48.2 Å². The summed E-state index contributed by atoms with van der Waals surface area (Å²) in [7, 11) is 0. The highest BCUT2D eigenvalue weighted by molar-refractivity contribution is 5.79. The van der Waals surface area contributed by atoms with E-state index in [9.17, 15) is 4.79 Å². The normalized spacial score (nSPS) is 28.7. The third-order valence-corrected chi connectivity index (χ3v) is 2.18. The lowest BCUT2D eigenvalue weighted by Crippen LogP contribution is -2.50. The first-order chi connectivity index (χ1) is 5.26. The standard InChI is InChI=1S/C6H9NO4/c8-5(9)6-1-10-3-7(6)4-11-2-6/h1-4H2,(H,8,9). The molecule has 0 aliphatic carbocycles.